The number of hydrogen-bond donors (Lipinski definition) is 1. The number of fused-ring (bicyclic) bond motifs is 1. The molecule has 1 saturated carbocycles. The smallest absolute Gasteiger partial charge is 0.220 e. The average Bonchev–Trinajstić information content (AvgIpc) is 3.06. The lowest BCUT2D eigenvalue weighted by Gasteiger charge is -2.24. The van der Waals surface area contributed by atoms with Gasteiger partial charge in [0.2, 0.25) is 5.91 Å². The Labute approximate surface area is 167 Å². The van der Waals surface area contributed by atoms with E-state index in [1.807, 2.05) is 6.07 Å². The number of nitrogens with one attached hydrogen (secondary N) is 1. The molecular formula is C25H30N2O. The second-order valence-electron chi connectivity index (χ2n) is 8.21. The van der Waals surface area contributed by atoms with Crippen molar-refractivity contribution in [3.63, 3.8) is 0 Å². The van der Waals surface area contributed by atoms with E-state index >= 15 is 0 Å². The van der Waals surface area contributed by atoms with Crippen LogP contribution < -0.4 is 5.32 Å². The van der Waals surface area contributed by atoms with E-state index in [1.165, 1.54) is 41.3 Å². The molecule has 0 aliphatic heterocycles. The number of nitrogens with zero attached hydrogens (tertiary/aromatic N) is 1. The zero-order chi connectivity index (χ0) is 19.3. The summed E-state index contributed by atoms with van der Waals surface area (Å²) in [4.78, 5) is 12.9. The molecule has 1 aliphatic carbocycles. The number of aryl methyl sites for hydroxylation is 1. The molecule has 1 aliphatic rings. The number of aromatic nitrogens is 1. The molecule has 1 heterocycles. The molecule has 1 N–H and O–H groups in total. The molecule has 3 nitrogen and oxygen atoms in total. The van der Waals surface area contributed by atoms with E-state index in [9.17, 15) is 4.79 Å². The number of carbonyl (C=O) groups is 1. The van der Waals surface area contributed by atoms with Crippen molar-refractivity contribution in [2.45, 2.75) is 56.9 Å². The van der Waals surface area contributed by atoms with Gasteiger partial charge in [0.05, 0.1) is 0 Å². The van der Waals surface area contributed by atoms with Gasteiger partial charge in [-0.2, -0.15) is 0 Å². The van der Waals surface area contributed by atoms with Crippen LogP contribution in [0, 0.1) is 0 Å². The quantitative estimate of drug-likeness (QED) is 0.620. The molecular weight excluding hydrogens is 344 g/mol. The fourth-order valence-corrected chi connectivity index (χ4v) is 4.65. The van der Waals surface area contributed by atoms with E-state index < -0.39 is 0 Å². The summed E-state index contributed by atoms with van der Waals surface area (Å²) in [5.41, 5.74) is 3.79. The first-order chi connectivity index (χ1) is 13.7. The normalized spacial score (nSPS) is 16.2. The van der Waals surface area contributed by atoms with Crippen LogP contribution in [0.25, 0.3) is 10.9 Å². The van der Waals surface area contributed by atoms with Crippen molar-refractivity contribution in [1.29, 1.82) is 0 Å². The molecule has 3 aromatic rings. The Morgan fingerprint density at radius 1 is 1.04 bits per heavy atom. The maximum absolute atomic E-state index is 12.9. The van der Waals surface area contributed by atoms with E-state index in [0.29, 0.717) is 12.5 Å². The Morgan fingerprint density at radius 2 is 1.75 bits per heavy atom. The average molecular weight is 375 g/mol. The lowest BCUT2D eigenvalue weighted by molar-refractivity contribution is -0.122. The van der Waals surface area contributed by atoms with Gasteiger partial charge < -0.3 is 9.88 Å². The predicted molar refractivity (Wildman–Crippen MR) is 115 cm³/mol. The highest BCUT2D eigenvalue weighted by molar-refractivity contribution is 5.86. The van der Waals surface area contributed by atoms with Gasteiger partial charge in [-0.3, -0.25) is 4.79 Å². The third-order valence-corrected chi connectivity index (χ3v) is 6.09. The van der Waals surface area contributed by atoms with Crippen LogP contribution in [0.3, 0.4) is 0 Å². The third kappa shape index (κ3) is 4.30. The predicted octanol–water partition coefficient (Wildman–Crippen LogP) is 5.34. The third-order valence-electron chi connectivity index (χ3n) is 6.09. The summed E-state index contributed by atoms with van der Waals surface area (Å²) in [5, 5.41) is 4.57. The van der Waals surface area contributed by atoms with Gasteiger partial charge in [-0.05, 0) is 42.4 Å². The van der Waals surface area contributed by atoms with E-state index in [-0.39, 0.29) is 11.8 Å². The van der Waals surface area contributed by atoms with Crippen LogP contribution >= 0.6 is 0 Å². The Bertz CT molecular complexity index is 922. The minimum absolute atomic E-state index is 0.178. The topological polar surface area (TPSA) is 34.0 Å². The maximum atomic E-state index is 12.9. The van der Waals surface area contributed by atoms with Crippen molar-refractivity contribution in [3.05, 3.63) is 71.9 Å². The summed E-state index contributed by atoms with van der Waals surface area (Å²) < 4.78 is 2.18. The summed E-state index contributed by atoms with van der Waals surface area (Å²) in [6, 6.07) is 19.4. The molecule has 0 spiro atoms. The molecule has 28 heavy (non-hydrogen) atoms. The number of para-hydroxylation sites is 1. The number of carbonyl (C=O) groups excluding carboxylic acids is 1. The van der Waals surface area contributed by atoms with Crippen LogP contribution in [-0.2, 0) is 18.3 Å². The Balaban J connectivity index is 1.59. The zero-order valence-corrected chi connectivity index (χ0v) is 16.7. The van der Waals surface area contributed by atoms with E-state index in [2.05, 4.69) is 71.7 Å². The zero-order valence-electron chi connectivity index (χ0n) is 16.7. The van der Waals surface area contributed by atoms with E-state index in [1.54, 1.807) is 0 Å². The van der Waals surface area contributed by atoms with Crippen molar-refractivity contribution in [2.24, 2.45) is 7.05 Å². The fourth-order valence-electron chi connectivity index (χ4n) is 4.65. The summed E-state index contributed by atoms with van der Waals surface area (Å²) in [7, 11) is 2.09. The molecule has 1 amide bonds. The molecule has 1 atom stereocenters. The van der Waals surface area contributed by atoms with Crippen LogP contribution in [0.5, 0.6) is 0 Å². The summed E-state index contributed by atoms with van der Waals surface area (Å²) >= 11 is 0. The number of benzene rings is 2. The van der Waals surface area contributed by atoms with E-state index in [0.717, 1.165) is 19.3 Å². The molecule has 4 rings (SSSR count). The minimum atomic E-state index is 0.178. The molecule has 0 saturated heterocycles. The van der Waals surface area contributed by atoms with E-state index in [4.69, 9.17) is 0 Å². The van der Waals surface area contributed by atoms with Gasteiger partial charge in [0, 0.05) is 36.6 Å². The van der Waals surface area contributed by atoms with Crippen molar-refractivity contribution >= 4 is 16.8 Å². The molecule has 1 aromatic heterocycles. The van der Waals surface area contributed by atoms with Gasteiger partial charge in [0.15, 0.2) is 0 Å². The molecule has 0 radical (unpaired) electrons. The Hall–Kier alpha value is -2.55. The second kappa shape index (κ2) is 8.64. The number of hydrogen-bond acceptors (Lipinski definition) is 1. The van der Waals surface area contributed by atoms with Gasteiger partial charge in [-0.15, -0.1) is 0 Å². The Kier molecular flexibility index (Phi) is 5.80. The van der Waals surface area contributed by atoms with Gasteiger partial charge >= 0.3 is 0 Å². The number of amides is 1. The first-order valence-electron chi connectivity index (χ1n) is 10.6. The molecule has 1 fully saturated rings. The number of rotatable bonds is 6. The first-order valence-corrected chi connectivity index (χ1v) is 10.6. The lowest BCUT2D eigenvalue weighted by Crippen LogP contribution is -2.37. The second-order valence-corrected chi connectivity index (χ2v) is 8.21. The van der Waals surface area contributed by atoms with Crippen molar-refractivity contribution in [1.82, 2.24) is 9.88 Å². The van der Waals surface area contributed by atoms with Crippen molar-refractivity contribution < 1.29 is 4.79 Å². The first kappa shape index (κ1) is 18.8. The highest BCUT2D eigenvalue weighted by atomic mass is 16.1. The summed E-state index contributed by atoms with van der Waals surface area (Å²) in [6.07, 6.45) is 9.67. The van der Waals surface area contributed by atoms with Crippen LogP contribution in [0.15, 0.2) is 60.8 Å². The molecule has 1 unspecified atom stereocenters. The highest BCUT2D eigenvalue weighted by Crippen LogP contribution is 2.32. The van der Waals surface area contributed by atoms with Crippen LogP contribution in [0.1, 0.15) is 55.6 Å². The SMILES string of the molecule is Cn1cc(C(CC(=O)NC2CCCCC2)Cc2ccccc2)c2ccccc21. The molecule has 0 bridgehead atoms. The Morgan fingerprint density at radius 3 is 2.54 bits per heavy atom. The summed E-state index contributed by atoms with van der Waals surface area (Å²) in [5.74, 6) is 0.373. The van der Waals surface area contributed by atoms with Crippen LogP contribution in [-0.4, -0.2) is 16.5 Å². The summed E-state index contributed by atoms with van der Waals surface area (Å²) in [6.45, 7) is 0. The van der Waals surface area contributed by atoms with Crippen LogP contribution in [0.4, 0.5) is 0 Å². The van der Waals surface area contributed by atoms with Gasteiger partial charge in [-0.1, -0.05) is 67.8 Å². The van der Waals surface area contributed by atoms with Crippen molar-refractivity contribution in [2.75, 3.05) is 0 Å². The van der Waals surface area contributed by atoms with Crippen LogP contribution in [0.2, 0.25) is 0 Å². The molecule has 146 valence electrons. The highest BCUT2D eigenvalue weighted by Gasteiger charge is 2.23. The molecule has 3 heteroatoms. The van der Waals surface area contributed by atoms with Gasteiger partial charge in [-0.25, -0.2) is 0 Å². The minimum Gasteiger partial charge on any atom is -0.353 e. The van der Waals surface area contributed by atoms with Gasteiger partial charge in [0.1, 0.15) is 0 Å². The lowest BCUT2D eigenvalue weighted by atomic mass is 9.88. The standard InChI is InChI=1S/C25H30N2O/c1-27-18-23(22-14-8-9-15-24(22)27)20(16-19-10-4-2-5-11-19)17-25(28)26-21-12-6-3-7-13-21/h2,4-5,8-11,14-15,18,20-21H,3,6-7,12-13,16-17H2,1H3,(H,26,28). The fraction of sp³-hybridized carbons (Fsp3) is 0.400. The van der Waals surface area contributed by atoms with Gasteiger partial charge in [0.25, 0.3) is 0 Å². The van der Waals surface area contributed by atoms with Crippen molar-refractivity contribution in [3.8, 4) is 0 Å². The largest absolute Gasteiger partial charge is 0.353 e. The molecule has 2 aromatic carbocycles. The monoisotopic (exact) mass is 374 g/mol. The maximum Gasteiger partial charge on any atom is 0.220 e.